The van der Waals surface area contributed by atoms with Gasteiger partial charge in [0.1, 0.15) is 0 Å². The van der Waals surface area contributed by atoms with Gasteiger partial charge in [-0.2, -0.15) is 0 Å². The van der Waals surface area contributed by atoms with Gasteiger partial charge in [-0.1, -0.05) is 0 Å². The molecule has 0 spiro atoms. The third kappa shape index (κ3) is 4.98. The maximum absolute atomic E-state index is 8.60. The summed E-state index contributed by atoms with van der Waals surface area (Å²) < 4.78 is 0.307. The van der Waals surface area contributed by atoms with Crippen molar-refractivity contribution in [2.24, 2.45) is 0 Å². The van der Waals surface area contributed by atoms with Crippen molar-refractivity contribution in [3.8, 4) is 0 Å². The van der Waals surface area contributed by atoms with Crippen LogP contribution < -0.4 is 0 Å². The van der Waals surface area contributed by atoms with E-state index in [9.17, 15) is 0 Å². The Morgan fingerprint density at radius 3 is 1.23 bits per heavy atom. The standard InChI is InChI=1S/2C17H23.C2H7Si.2ClH.V/c2*1-6-13-7-15-9-14(11(2)3)10-16(12(4)5)17(15)8-13;1-3-2;;;/h2*7-12H,6H2,1-5H3;3H,1-2H3;2*1H;/q;;;;;+2/p-2. The minimum atomic E-state index is -4.22. The SMILES string of the molecule is CCC1=Cc2c(C(C)C)cc(C(C)C)cc2[CH]1[V]([Cl])([Cl])([CH]1C(CC)=Cc2c(C(C)C)cc(C(C)C)cc21)[SiH](C)C. The molecular weight excluding hydrogens is 582 g/mol. The molecule has 2 atom stereocenters. The van der Waals surface area contributed by atoms with Crippen LogP contribution in [0.5, 0.6) is 0 Å². The predicted molar refractivity (Wildman–Crippen MR) is 182 cm³/mol. The molecule has 2 aromatic carbocycles. The molecule has 0 N–H and O–H groups in total. The van der Waals surface area contributed by atoms with Crippen LogP contribution in [0.4, 0.5) is 0 Å². The summed E-state index contributed by atoms with van der Waals surface area (Å²) in [5.41, 5.74) is 14.4. The summed E-state index contributed by atoms with van der Waals surface area (Å²) in [7, 11) is 11.4. The Balaban J connectivity index is 2.11. The van der Waals surface area contributed by atoms with Crippen LogP contribution in [0.3, 0.4) is 0 Å². The van der Waals surface area contributed by atoms with E-state index < -0.39 is 17.5 Å². The van der Waals surface area contributed by atoms with Crippen LogP contribution in [0.1, 0.15) is 160 Å². The van der Waals surface area contributed by atoms with E-state index in [1.165, 1.54) is 55.7 Å². The molecule has 2 aliphatic carbocycles. The molecule has 0 aromatic heterocycles. The molecular formula is C36H53Cl2SiV. The van der Waals surface area contributed by atoms with Gasteiger partial charge in [-0.3, -0.25) is 0 Å². The molecule has 0 saturated heterocycles. The number of rotatable bonds is 9. The van der Waals surface area contributed by atoms with Crippen LogP contribution in [0.25, 0.3) is 12.2 Å². The first-order chi connectivity index (χ1) is 18.6. The molecule has 0 heterocycles. The Morgan fingerprint density at radius 2 is 0.975 bits per heavy atom. The monoisotopic (exact) mass is 634 g/mol. The van der Waals surface area contributed by atoms with E-state index in [1.807, 2.05) is 0 Å². The fraction of sp³-hybridized carbons (Fsp3) is 0.556. The van der Waals surface area contributed by atoms with Gasteiger partial charge in [0.05, 0.1) is 0 Å². The van der Waals surface area contributed by atoms with E-state index in [1.54, 1.807) is 0 Å². The van der Waals surface area contributed by atoms with E-state index in [0.717, 1.165) is 12.8 Å². The Morgan fingerprint density at radius 1 is 0.625 bits per heavy atom. The quantitative estimate of drug-likeness (QED) is 0.241. The minimum absolute atomic E-state index is 0.154. The van der Waals surface area contributed by atoms with Crippen molar-refractivity contribution in [2.45, 2.75) is 128 Å². The van der Waals surface area contributed by atoms with Gasteiger partial charge in [0.25, 0.3) is 0 Å². The van der Waals surface area contributed by atoms with Gasteiger partial charge >= 0.3 is 257 Å². The van der Waals surface area contributed by atoms with Gasteiger partial charge in [-0.05, 0) is 0 Å². The van der Waals surface area contributed by atoms with Gasteiger partial charge in [-0.15, -0.1) is 0 Å². The predicted octanol–water partition coefficient (Wildman–Crippen LogP) is 12.6. The van der Waals surface area contributed by atoms with Crippen LogP contribution in [-0.4, -0.2) is 7.17 Å². The number of hydrogen-bond acceptors (Lipinski definition) is 0. The van der Waals surface area contributed by atoms with E-state index in [2.05, 4.69) is 119 Å². The van der Waals surface area contributed by atoms with Crippen molar-refractivity contribution in [3.63, 3.8) is 0 Å². The number of allylic oxidation sites excluding steroid dienone is 2. The first kappa shape index (κ1) is 32.2. The normalized spacial score (nSPS) is 19.9. The summed E-state index contributed by atoms with van der Waals surface area (Å²) in [5, 5.41) is 0. The van der Waals surface area contributed by atoms with Gasteiger partial charge in [0.2, 0.25) is 0 Å². The first-order valence-corrected chi connectivity index (χ1v) is 26.5. The number of benzene rings is 2. The second kappa shape index (κ2) is 11.4. The Kier molecular flexibility index (Phi) is 9.20. The zero-order valence-electron chi connectivity index (χ0n) is 27.1. The molecule has 220 valence electrons. The van der Waals surface area contributed by atoms with Gasteiger partial charge < -0.3 is 0 Å². The molecule has 0 nitrogen and oxygen atoms in total. The van der Waals surface area contributed by atoms with Crippen molar-refractivity contribution >= 4 is 39.0 Å². The zero-order valence-corrected chi connectivity index (χ0v) is 31.2. The molecule has 2 aromatic rings. The summed E-state index contributed by atoms with van der Waals surface area (Å²) in [5.74, 6) is 1.85. The van der Waals surface area contributed by atoms with Crippen molar-refractivity contribution in [2.75, 3.05) is 0 Å². The summed E-state index contributed by atoms with van der Waals surface area (Å²) in [4.78, 5) is 0. The van der Waals surface area contributed by atoms with Crippen LogP contribution in [-0.2, 0) is 10.3 Å². The molecule has 0 aliphatic heterocycles. The molecule has 2 aliphatic rings. The van der Waals surface area contributed by atoms with E-state index >= 15 is 0 Å². The molecule has 0 fully saturated rings. The van der Waals surface area contributed by atoms with Crippen molar-refractivity contribution in [3.05, 3.63) is 79.9 Å². The molecule has 2 unspecified atom stereocenters. The number of halogens is 2. The van der Waals surface area contributed by atoms with Crippen molar-refractivity contribution < 1.29 is 10.3 Å². The Hall–Kier alpha value is -0.699. The summed E-state index contributed by atoms with van der Waals surface area (Å²) in [6.07, 6.45) is 7.02. The van der Waals surface area contributed by atoms with Crippen LogP contribution in [0.2, 0.25) is 13.1 Å². The molecule has 0 bridgehead atoms. The second-order valence-corrected chi connectivity index (χ2v) is 40.3. The molecule has 0 radical (unpaired) electrons. The third-order valence-electron chi connectivity index (χ3n) is 9.85. The summed E-state index contributed by atoms with van der Waals surface area (Å²) in [6.45, 7) is 28.2. The van der Waals surface area contributed by atoms with E-state index in [-0.39, 0.29) is 9.26 Å². The molecule has 0 amide bonds. The molecule has 4 rings (SSSR count). The Labute approximate surface area is 255 Å². The third-order valence-corrected chi connectivity index (χ3v) is 41.4. The van der Waals surface area contributed by atoms with Gasteiger partial charge in [0, 0.05) is 0 Å². The molecule has 40 heavy (non-hydrogen) atoms. The number of hydrogen-bond donors (Lipinski definition) is 0. The van der Waals surface area contributed by atoms with E-state index in [0.29, 0.717) is 23.7 Å². The van der Waals surface area contributed by atoms with Gasteiger partial charge in [-0.25, -0.2) is 0 Å². The van der Waals surface area contributed by atoms with Crippen molar-refractivity contribution in [1.29, 1.82) is 0 Å². The second-order valence-electron chi connectivity index (χ2n) is 14.0. The molecule has 0 saturated carbocycles. The van der Waals surface area contributed by atoms with Crippen LogP contribution >= 0.6 is 19.7 Å². The average molecular weight is 636 g/mol. The van der Waals surface area contributed by atoms with E-state index in [4.69, 9.17) is 19.7 Å². The topological polar surface area (TPSA) is 0 Å². The fourth-order valence-electron chi connectivity index (χ4n) is 7.28. The molecule has 4 heteroatoms. The maximum atomic E-state index is 8.60. The number of fused-ring (bicyclic) bond motifs is 2. The van der Waals surface area contributed by atoms with Crippen LogP contribution in [0, 0.1) is 0 Å². The Bertz CT molecular complexity index is 1260. The van der Waals surface area contributed by atoms with Crippen molar-refractivity contribution in [1.82, 2.24) is 0 Å². The average Bonchev–Trinajstić information content (AvgIpc) is 3.46. The zero-order chi connectivity index (χ0) is 29.9. The first-order valence-electron chi connectivity index (χ1n) is 15.8. The van der Waals surface area contributed by atoms with Crippen LogP contribution in [0.15, 0.2) is 35.4 Å². The summed E-state index contributed by atoms with van der Waals surface area (Å²) >= 11 is 0. The summed E-state index contributed by atoms with van der Waals surface area (Å²) in [6, 6.07) is 9.93. The fourth-order valence-corrected chi connectivity index (χ4v) is 26.3. The van der Waals surface area contributed by atoms with Gasteiger partial charge in [0.15, 0.2) is 0 Å².